The maximum absolute atomic E-state index is 0. The van der Waals surface area contributed by atoms with Crippen LogP contribution in [0.15, 0.2) is 0 Å². The van der Waals surface area contributed by atoms with Crippen molar-refractivity contribution in [2.75, 3.05) is 0 Å². The molecule has 0 aliphatic heterocycles. The van der Waals surface area contributed by atoms with Crippen LogP contribution in [0.3, 0.4) is 0 Å². The molecule has 0 radical (unpaired) electrons. The van der Waals surface area contributed by atoms with E-state index in [1.54, 1.807) is 0 Å². The zero-order valence-corrected chi connectivity index (χ0v) is 5.00. The molecule has 0 unspecified atom stereocenters. The van der Waals surface area contributed by atoms with Crippen molar-refractivity contribution >= 4 is 0 Å². The molecular formula is C2H8AuI. The van der Waals surface area contributed by atoms with Crippen molar-refractivity contribution in [1.82, 2.24) is 0 Å². The van der Waals surface area contributed by atoms with Gasteiger partial charge in [0.25, 0.3) is 0 Å². The maximum atomic E-state index is 0. The van der Waals surface area contributed by atoms with Gasteiger partial charge in [-0.15, -0.1) is 0 Å². The Morgan fingerprint density at radius 1 is 0.750 bits per heavy atom. The van der Waals surface area contributed by atoms with Gasteiger partial charge in [0.05, 0.1) is 0 Å². The smallest absolute Gasteiger partial charge is 1.00 e. The van der Waals surface area contributed by atoms with E-state index < -0.39 is 0 Å². The molecule has 0 aliphatic rings. The van der Waals surface area contributed by atoms with Crippen molar-refractivity contribution in [3.05, 3.63) is 0 Å². The maximum Gasteiger partial charge on any atom is 1.00 e. The summed E-state index contributed by atoms with van der Waals surface area (Å²) in [5, 5.41) is 0. The summed E-state index contributed by atoms with van der Waals surface area (Å²) in [6, 6.07) is 0. The Balaban J connectivity index is 0. The van der Waals surface area contributed by atoms with Crippen molar-refractivity contribution in [2.24, 2.45) is 0 Å². The largest absolute Gasteiger partial charge is 1.00 e. The van der Waals surface area contributed by atoms with E-state index in [-0.39, 0.29) is 61.2 Å². The molecule has 0 fully saturated rings. The van der Waals surface area contributed by atoms with E-state index >= 15 is 0 Å². The van der Waals surface area contributed by atoms with E-state index in [1.807, 2.05) is 0 Å². The Morgan fingerprint density at radius 2 is 0.750 bits per heavy atom. The molecule has 0 rings (SSSR count). The van der Waals surface area contributed by atoms with E-state index in [2.05, 4.69) is 0 Å². The van der Waals surface area contributed by atoms with Gasteiger partial charge in [-0.2, -0.15) is 0 Å². The molecule has 0 aromatic rings. The Hall–Kier alpha value is 1.47. The van der Waals surface area contributed by atoms with Gasteiger partial charge in [-0.3, -0.25) is 0 Å². The molecule has 0 amide bonds. The third-order valence-electron chi connectivity index (χ3n) is 0. The molecule has 0 aromatic heterocycles. The predicted octanol–water partition coefficient (Wildman–Crippen LogP) is -1.73. The average molecular weight is 356 g/mol. The second-order valence-electron chi connectivity index (χ2n) is 0. The van der Waals surface area contributed by atoms with E-state index in [0.717, 1.165) is 0 Å². The van der Waals surface area contributed by atoms with Crippen molar-refractivity contribution < 1.29 is 46.4 Å². The molecule has 2 heteroatoms. The fraction of sp³-hybridized carbons (Fsp3) is 1.00. The van der Waals surface area contributed by atoms with Crippen LogP contribution >= 0.6 is 0 Å². The normalized spacial score (nSPS) is 0. The topological polar surface area (TPSA) is 0 Å². The summed E-state index contributed by atoms with van der Waals surface area (Å²) >= 11 is 0. The second kappa shape index (κ2) is 24.9. The molecule has 4 heavy (non-hydrogen) atoms. The number of rotatable bonds is 0. The van der Waals surface area contributed by atoms with Crippen LogP contribution in [0.2, 0.25) is 0 Å². The summed E-state index contributed by atoms with van der Waals surface area (Å²) in [6.07, 6.45) is 0. The van der Waals surface area contributed by atoms with Gasteiger partial charge in [0.1, 0.15) is 0 Å². The molecule has 0 bridgehead atoms. The quantitative estimate of drug-likeness (QED) is 0.358. The molecule has 0 saturated heterocycles. The molecule has 0 heterocycles. The molecule has 0 aliphatic carbocycles. The second-order valence-corrected chi connectivity index (χ2v) is 0. The average Bonchev–Trinajstić information content (AvgIpc) is 0. The third-order valence-corrected chi connectivity index (χ3v) is 0. The van der Waals surface area contributed by atoms with Crippen LogP contribution in [0.1, 0.15) is 14.9 Å². The van der Waals surface area contributed by atoms with Crippen LogP contribution in [-0.4, -0.2) is 0 Å². The monoisotopic (exact) mass is 356 g/mol. The summed E-state index contributed by atoms with van der Waals surface area (Å²) in [5.41, 5.74) is 0. The Morgan fingerprint density at radius 3 is 0.750 bits per heavy atom. The van der Waals surface area contributed by atoms with E-state index in [9.17, 15) is 0 Å². The van der Waals surface area contributed by atoms with Crippen molar-refractivity contribution in [2.45, 2.75) is 14.9 Å². The number of halogens is 1. The summed E-state index contributed by atoms with van der Waals surface area (Å²) in [5.74, 6) is 0. The zero-order chi connectivity index (χ0) is 0. The van der Waals surface area contributed by atoms with Crippen molar-refractivity contribution in [3.8, 4) is 0 Å². The summed E-state index contributed by atoms with van der Waals surface area (Å²) in [7, 11) is 0. The van der Waals surface area contributed by atoms with Crippen molar-refractivity contribution in [1.29, 1.82) is 0 Å². The zero-order valence-electron chi connectivity index (χ0n) is 0.679. The summed E-state index contributed by atoms with van der Waals surface area (Å²) < 4.78 is 0. The minimum atomic E-state index is 0. The number of hydrogen-bond donors (Lipinski definition) is 0. The van der Waals surface area contributed by atoms with Crippen LogP contribution < -0.4 is 24.0 Å². The summed E-state index contributed by atoms with van der Waals surface area (Å²) in [4.78, 5) is 0. The fourth-order valence-corrected chi connectivity index (χ4v) is 0. The van der Waals surface area contributed by atoms with Gasteiger partial charge >= 0.3 is 22.4 Å². The molecule has 34 valence electrons. The Bertz CT molecular complexity index is 6.00. The first-order valence-corrected chi connectivity index (χ1v) is 0. The van der Waals surface area contributed by atoms with Gasteiger partial charge in [-0.1, -0.05) is 14.9 Å². The predicted molar refractivity (Wildman–Crippen MR) is 13.5 cm³/mol. The molecule has 0 aromatic carbocycles. The standard InChI is InChI=1S/2CH4.Au.HI/h2*1H4;;1H/q;;+1;/p-1. The van der Waals surface area contributed by atoms with E-state index in [0.29, 0.717) is 0 Å². The van der Waals surface area contributed by atoms with Gasteiger partial charge in [0, 0.05) is 0 Å². The molecule has 0 atom stereocenters. The fourth-order valence-electron chi connectivity index (χ4n) is 0. The van der Waals surface area contributed by atoms with Gasteiger partial charge in [0.15, 0.2) is 0 Å². The Labute approximate surface area is 60.9 Å². The van der Waals surface area contributed by atoms with Crippen LogP contribution in [-0.2, 0) is 22.4 Å². The molecule has 0 spiro atoms. The van der Waals surface area contributed by atoms with Gasteiger partial charge in [0.2, 0.25) is 0 Å². The van der Waals surface area contributed by atoms with Crippen LogP contribution in [0, 0.1) is 0 Å². The minimum absolute atomic E-state index is 0. The first-order valence-electron chi connectivity index (χ1n) is 0. The van der Waals surface area contributed by atoms with Gasteiger partial charge < -0.3 is 24.0 Å². The van der Waals surface area contributed by atoms with Crippen LogP contribution in [0.5, 0.6) is 0 Å². The minimum Gasteiger partial charge on any atom is -1.00 e. The van der Waals surface area contributed by atoms with Gasteiger partial charge in [-0.25, -0.2) is 0 Å². The molecule has 0 nitrogen and oxygen atoms in total. The first kappa shape index (κ1) is 50.6. The van der Waals surface area contributed by atoms with E-state index in [1.165, 1.54) is 0 Å². The Kier molecular flexibility index (Phi) is 315. The van der Waals surface area contributed by atoms with Crippen LogP contribution in [0.4, 0.5) is 0 Å². The summed E-state index contributed by atoms with van der Waals surface area (Å²) in [6.45, 7) is 0. The third kappa shape index (κ3) is 9.80. The molecule has 0 saturated carbocycles. The number of hydrogen-bond acceptors (Lipinski definition) is 0. The molecular weight excluding hydrogens is 348 g/mol. The van der Waals surface area contributed by atoms with Crippen LogP contribution in [0.25, 0.3) is 0 Å². The molecule has 0 N–H and O–H groups in total. The SMILES string of the molecule is C.C.[Au+].[I-]. The van der Waals surface area contributed by atoms with Gasteiger partial charge in [-0.05, 0) is 0 Å². The van der Waals surface area contributed by atoms with Crippen molar-refractivity contribution in [3.63, 3.8) is 0 Å². The van der Waals surface area contributed by atoms with E-state index in [4.69, 9.17) is 0 Å². The first-order chi connectivity index (χ1) is 0.